The number of tetrazole rings is 1. The van der Waals surface area contributed by atoms with Gasteiger partial charge in [-0.25, -0.2) is 0 Å². The molecule has 0 saturated carbocycles. The molecule has 0 amide bonds. The minimum Gasteiger partial charge on any atom is -0.495 e. The number of benzene rings is 1. The lowest BCUT2D eigenvalue weighted by Gasteiger charge is -2.05. The van der Waals surface area contributed by atoms with Crippen LogP contribution in [0.1, 0.15) is 0 Å². The monoisotopic (exact) mass is 225 g/mol. The van der Waals surface area contributed by atoms with Crippen molar-refractivity contribution < 1.29 is 4.74 Å². The van der Waals surface area contributed by atoms with Crippen LogP contribution in [0.5, 0.6) is 5.75 Å². The van der Waals surface area contributed by atoms with Crippen molar-refractivity contribution in [1.29, 1.82) is 0 Å². The Bertz CT molecular complexity index is 484. The van der Waals surface area contributed by atoms with E-state index in [0.29, 0.717) is 16.5 Å². The lowest BCUT2D eigenvalue weighted by molar-refractivity contribution is 0.414. The minimum atomic E-state index is 0.208. The van der Waals surface area contributed by atoms with Gasteiger partial charge in [0.15, 0.2) is 0 Å². The van der Waals surface area contributed by atoms with Crippen LogP contribution < -0.4 is 10.5 Å². The smallest absolute Gasteiger partial charge is 0.245 e. The first-order valence-electron chi connectivity index (χ1n) is 4.10. The SMILES string of the molecule is COc1cc(-n2nnnc2N)ccc1Cl. The number of rotatable bonds is 2. The quantitative estimate of drug-likeness (QED) is 0.822. The van der Waals surface area contributed by atoms with Crippen molar-refractivity contribution >= 4 is 17.5 Å². The summed E-state index contributed by atoms with van der Waals surface area (Å²) in [5, 5.41) is 11.3. The number of nitrogens with zero attached hydrogens (tertiary/aromatic N) is 4. The Morgan fingerprint density at radius 1 is 1.47 bits per heavy atom. The van der Waals surface area contributed by atoms with Gasteiger partial charge in [0.2, 0.25) is 5.95 Å². The Balaban J connectivity index is 2.51. The van der Waals surface area contributed by atoms with E-state index in [2.05, 4.69) is 15.5 Å². The molecule has 78 valence electrons. The fourth-order valence-electron chi connectivity index (χ4n) is 1.16. The molecule has 0 saturated heterocycles. The van der Waals surface area contributed by atoms with Gasteiger partial charge in [-0.3, -0.25) is 0 Å². The van der Waals surface area contributed by atoms with Crippen LogP contribution in [-0.4, -0.2) is 27.3 Å². The van der Waals surface area contributed by atoms with Gasteiger partial charge in [-0.15, -0.1) is 0 Å². The molecule has 0 radical (unpaired) electrons. The third-order valence-corrected chi connectivity index (χ3v) is 2.19. The second-order valence-electron chi connectivity index (χ2n) is 2.77. The number of anilines is 1. The Labute approximate surface area is 90.6 Å². The maximum absolute atomic E-state index is 5.88. The normalized spacial score (nSPS) is 10.3. The van der Waals surface area contributed by atoms with Gasteiger partial charge in [-0.2, -0.15) is 4.68 Å². The molecule has 0 unspecified atom stereocenters. The summed E-state index contributed by atoms with van der Waals surface area (Å²) < 4.78 is 6.46. The van der Waals surface area contributed by atoms with E-state index in [1.807, 2.05) is 0 Å². The number of methoxy groups -OCH3 is 1. The molecule has 15 heavy (non-hydrogen) atoms. The summed E-state index contributed by atoms with van der Waals surface area (Å²) in [6.07, 6.45) is 0. The van der Waals surface area contributed by atoms with E-state index >= 15 is 0 Å². The van der Waals surface area contributed by atoms with E-state index in [9.17, 15) is 0 Å². The van der Waals surface area contributed by atoms with E-state index in [1.54, 1.807) is 18.2 Å². The van der Waals surface area contributed by atoms with Gasteiger partial charge in [0.05, 0.1) is 17.8 Å². The number of ether oxygens (including phenoxy) is 1. The molecule has 2 rings (SSSR count). The average molecular weight is 226 g/mol. The number of nitrogen functional groups attached to an aromatic ring is 1. The standard InChI is InChI=1S/C8H8ClN5O/c1-15-7-4-5(2-3-6(7)9)14-8(10)11-12-13-14/h2-4H,1H3,(H2,10,11,13). The zero-order valence-electron chi connectivity index (χ0n) is 7.88. The van der Waals surface area contributed by atoms with Gasteiger partial charge in [0, 0.05) is 6.07 Å². The highest BCUT2D eigenvalue weighted by Gasteiger charge is 2.07. The second kappa shape index (κ2) is 3.74. The highest BCUT2D eigenvalue weighted by Crippen LogP contribution is 2.26. The second-order valence-corrected chi connectivity index (χ2v) is 3.17. The molecule has 0 bridgehead atoms. The molecule has 1 aromatic carbocycles. The predicted molar refractivity (Wildman–Crippen MR) is 55.1 cm³/mol. The van der Waals surface area contributed by atoms with E-state index < -0.39 is 0 Å². The minimum absolute atomic E-state index is 0.208. The molecule has 2 N–H and O–H groups in total. The van der Waals surface area contributed by atoms with Gasteiger partial charge in [0.25, 0.3) is 0 Å². The fourth-order valence-corrected chi connectivity index (χ4v) is 1.35. The molecule has 0 spiro atoms. The summed E-state index contributed by atoms with van der Waals surface area (Å²) in [5.41, 5.74) is 6.25. The van der Waals surface area contributed by atoms with Gasteiger partial charge < -0.3 is 10.5 Å². The number of halogens is 1. The molecule has 2 aromatic rings. The van der Waals surface area contributed by atoms with Crippen molar-refractivity contribution in [3.63, 3.8) is 0 Å². The molecule has 6 nitrogen and oxygen atoms in total. The van der Waals surface area contributed by atoms with Crippen LogP contribution >= 0.6 is 11.6 Å². The van der Waals surface area contributed by atoms with Crippen molar-refractivity contribution in [3.8, 4) is 11.4 Å². The van der Waals surface area contributed by atoms with E-state index in [4.69, 9.17) is 22.1 Å². The molecule has 7 heteroatoms. The summed E-state index contributed by atoms with van der Waals surface area (Å²) in [5.74, 6) is 0.753. The summed E-state index contributed by atoms with van der Waals surface area (Å²) in [7, 11) is 1.54. The van der Waals surface area contributed by atoms with Crippen LogP contribution in [0, 0.1) is 0 Å². The van der Waals surface area contributed by atoms with E-state index in [0.717, 1.165) is 0 Å². The molecule has 0 fully saturated rings. The van der Waals surface area contributed by atoms with Gasteiger partial charge in [-0.05, 0) is 22.6 Å². The molecular formula is C8H8ClN5O. The van der Waals surface area contributed by atoms with Crippen LogP contribution in [-0.2, 0) is 0 Å². The maximum atomic E-state index is 5.88. The molecule has 0 aliphatic carbocycles. The van der Waals surface area contributed by atoms with Gasteiger partial charge in [0.1, 0.15) is 5.75 Å². The zero-order valence-corrected chi connectivity index (χ0v) is 8.64. The summed E-state index contributed by atoms with van der Waals surface area (Å²) in [6.45, 7) is 0. The molecule has 0 aliphatic heterocycles. The largest absolute Gasteiger partial charge is 0.495 e. The first-order chi connectivity index (χ1) is 7.22. The zero-order chi connectivity index (χ0) is 10.8. The summed E-state index contributed by atoms with van der Waals surface area (Å²) in [4.78, 5) is 0. The first-order valence-corrected chi connectivity index (χ1v) is 4.48. The van der Waals surface area contributed by atoms with Crippen LogP contribution in [0.3, 0.4) is 0 Å². The predicted octanol–water partition coefficient (Wildman–Crippen LogP) is 0.906. The average Bonchev–Trinajstić information content (AvgIpc) is 2.65. The number of hydrogen-bond acceptors (Lipinski definition) is 5. The Morgan fingerprint density at radius 2 is 2.27 bits per heavy atom. The van der Waals surface area contributed by atoms with Gasteiger partial charge >= 0.3 is 0 Å². The molecular weight excluding hydrogens is 218 g/mol. The third kappa shape index (κ3) is 1.71. The van der Waals surface area contributed by atoms with Crippen LogP contribution in [0.15, 0.2) is 18.2 Å². The summed E-state index contributed by atoms with van der Waals surface area (Å²) >= 11 is 5.88. The number of aromatic nitrogens is 4. The third-order valence-electron chi connectivity index (χ3n) is 1.87. The highest BCUT2D eigenvalue weighted by molar-refractivity contribution is 6.32. The topological polar surface area (TPSA) is 78.8 Å². The van der Waals surface area contributed by atoms with Crippen LogP contribution in [0.25, 0.3) is 5.69 Å². The van der Waals surface area contributed by atoms with Crippen LogP contribution in [0.4, 0.5) is 5.95 Å². The first kappa shape index (κ1) is 9.72. The van der Waals surface area contributed by atoms with Crippen molar-refractivity contribution in [2.45, 2.75) is 0 Å². The Kier molecular flexibility index (Phi) is 2.42. The van der Waals surface area contributed by atoms with Gasteiger partial charge in [-0.1, -0.05) is 16.7 Å². The highest BCUT2D eigenvalue weighted by atomic mass is 35.5. The van der Waals surface area contributed by atoms with Crippen LogP contribution in [0.2, 0.25) is 5.02 Å². The Hall–Kier alpha value is -1.82. The maximum Gasteiger partial charge on any atom is 0.245 e. The van der Waals surface area contributed by atoms with E-state index in [-0.39, 0.29) is 5.95 Å². The molecule has 0 atom stereocenters. The van der Waals surface area contributed by atoms with Crippen molar-refractivity contribution in [2.75, 3.05) is 12.8 Å². The molecule has 1 aromatic heterocycles. The van der Waals surface area contributed by atoms with E-state index in [1.165, 1.54) is 11.8 Å². The lowest BCUT2D eigenvalue weighted by Crippen LogP contribution is -2.02. The lowest BCUT2D eigenvalue weighted by atomic mass is 10.3. The number of nitrogens with two attached hydrogens (primary N) is 1. The molecule has 1 heterocycles. The Morgan fingerprint density at radius 3 is 2.87 bits per heavy atom. The summed E-state index contributed by atoms with van der Waals surface area (Å²) in [6, 6.07) is 5.14. The van der Waals surface area contributed by atoms with Crippen molar-refractivity contribution in [3.05, 3.63) is 23.2 Å². The fraction of sp³-hybridized carbons (Fsp3) is 0.125. The molecule has 0 aliphatic rings. The van der Waals surface area contributed by atoms with Crippen molar-refractivity contribution in [2.24, 2.45) is 0 Å². The van der Waals surface area contributed by atoms with Crippen molar-refractivity contribution in [1.82, 2.24) is 20.2 Å². The number of hydrogen-bond donors (Lipinski definition) is 1.